The molecule has 2 rings (SSSR count). The van der Waals surface area contributed by atoms with E-state index in [4.69, 9.17) is 21.1 Å². The molecule has 1 heterocycles. The van der Waals surface area contributed by atoms with Crippen molar-refractivity contribution in [3.63, 3.8) is 0 Å². The van der Waals surface area contributed by atoms with E-state index in [-0.39, 0.29) is 11.8 Å². The van der Waals surface area contributed by atoms with Crippen LogP contribution in [-0.2, 0) is 13.0 Å². The summed E-state index contributed by atoms with van der Waals surface area (Å²) in [5.41, 5.74) is 1.19. The van der Waals surface area contributed by atoms with Gasteiger partial charge in [-0.3, -0.25) is 0 Å². The van der Waals surface area contributed by atoms with Crippen LogP contribution in [0.1, 0.15) is 28.8 Å². The van der Waals surface area contributed by atoms with E-state index in [1.807, 2.05) is 24.3 Å². The van der Waals surface area contributed by atoms with Crippen LogP contribution < -0.4 is 5.32 Å². The third kappa shape index (κ3) is 4.11. The van der Waals surface area contributed by atoms with Gasteiger partial charge in [0, 0.05) is 11.1 Å². The first-order valence-electron chi connectivity index (χ1n) is 6.34. The monoisotopic (exact) mass is 293 g/mol. The van der Waals surface area contributed by atoms with Crippen molar-refractivity contribution in [3.8, 4) is 0 Å². The highest BCUT2D eigenvalue weighted by atomic mass is 35.5. The molecule has 0 spiro atoms. The second-order valence-corrected chi connectivity index (χ2v) is 5.12. The average molecular weight is 294 g/mol. The molecule has 1 atom stereocenters. The normalized spacial score (nSPS) is 12.3. The Kier molecular flexibility index (Phi) is 4.82. The van der Waals surface area contributed by atoms with E-state index in [9.17, 15) is 4.79 Å². The minimum Gasteiger partial charge on any atom is -0.475 e. The summed E-state index contributed by atoms with van der Waals surface area (Å²) in [4.78, 5) is 10.7. The van der Waals surface area contributed by atoms with E-state index in [1.54, 1.807) is 6.07 Å². The molecule has 0 aliphatic carbocycles. The van der Waals surface area contributed by atoms with Crippen molar-refractivity contribution in [2.75, 3.05) is 0 Å². The van der Waals surface area contributed by atoms with Crippen LogP contribution in [0.2, 0.25) is 5.02 Å². The summed E-state index contributed by atoms with van der Waals surface area (Å²) in [6.07, 6.45) is 0.865. The van der Waals surface area contributed by atoms with Gasteiger partial charge >= 0.3 is 5.97 Å². The summed E-state index contributed by atoms with van der Waals surface area (Å²) < 4.78 is 5.18. The Balaban J connectivity index is 1.83. The van der Waals surface area contributed by atoms with Gasteiger partial charge in [-0.05, 0) is 43.2 Å². The lowest BCUT2D eigenvalue weighted by Gasteiger charge is -2.12. The molecule has 0 bridgehead atoms. The number of furan rings is 1. The van der Waals surface area contributed by atoms with Gasteiger partial charge in [0.15, 0.2) is 0 Å². The zero-order valence-corrected chi connectivity index (χ0v) is 11.9. The number of rotatable bonds is 6. The van der Waals surface area contributed by atoms with Gasteiger partial charge in [0.25, 0.3) is 0 Å². The molecule has 2 N–H and O–H groups in total. The summed E-state index contributed by atoms with van der Waals surface area (Å²) in [6, 6.07) is 11.1. The van der Waals surface area contributed by atoms with Crippen LogP contribution in [0.5, 0.6) is 0 Å². The molecule has 1 aromatic heterocycles. The summed E-state index contributed by atoms with van der Waals surface area (Å²) in [5.74, 6) is -0.469. The molecular formula is C15H16ClNO3. The number of carboxylic acid groups (broad SMARTS) is 1. The van der Waals surface area contributed by atoms with Crippen LogP contribution >= 0.6 is 11.6 Å². The van der Waals surface area contributed by atoms with Gasteiger partial charge in [-0.1, -0.05) is 23.7 Å². The molecule has 0 fully saturated rings. The Morgan fingerprint density at radius 2 is 2.00 bits per heavy atom. The maximum Gasteiger partial charge on any atom is 0.371 e. The van der Waals surface area contributed by atoms with Gasteiger partial charge in [0.1, 0.15) is 5.76 Å². The van der Waals surface area contributed by atoms with Crippen molar-refractivity contribution in [1.82, 2.24) is 5.32 Å². The predicted octanol–water partition coefficient (Wildman–Crippen LogP) is 3.35. The molecule has 5 heteroatoms. The maximum atomic E-state index is 10.7. The summed E-state index contributed by atoms with van der Waals surface area (Å²) >= 11 is 5.84. The molecule has 106 valence electrons. The quantitative estimate of drug-likeness (QED) is 0.857. The van der Waals surface area contributed by atoms with E-state index in [0.29, 0.717) is 12.3 Å². The topological polar surface area (TPSA) is 62.5 Å². The minimum absolute atomic E-state index is 0.0350. The first kappa shape index (κ1) is 14.6. The Morgan fingerprint density at radius 1 is 1.30 bits per heavy atom. The SMILES string of the molecule is CC(Cc1ccc(Cl)cc1)NCc1ccc(C(=O)O)o1. The Labute approximate surface area is 122 Å². The van der Waals surface area contributed by atoms with Gasteiger partial charge in [0.2, 0.25) is 5.76 Å². The number of nitrogens with one attached hydrogen (secondary N) is 1. The second kappa shape index (κ2) is 6.59. The molecule has 0 saturated carbocycles. The number of benzene rings is 1. The lowest BCUT2D eigenvalue weighted by Crippen LogP contribution is -2.27. The van der Waals surface area contributed by atoms with Crippen LogP contribution in [0, 0.1) is 0 Å². The number of hydrogen-bond donors (Lipinski definition) is 2. The second-order valence-electron chi connectivity index (χ2n) is 4.68. The molecule has 0 saturated heterocycles. The molecule has 20 heavy (non-hydrogen) atoms. The van der Waals surface area contributed by atoms with Gasteiger partial charge in [-0.15, -0.1) is 0 Å². The van der Waals surface area contributed by atoms with Crippen molar-refractivity contribution in [2.24, 2.45) is 0 Å². The van der Waals surface area contributed by atoms with Gasteiger partial charge in [-0.2, -0.15) is 0 Å². The van der Waals surface area contributed by atoms with E-state index in [1.165, 1.54) is 11.6 Å². The fourth-order valence-electron chi connectivity index (χ4n) is 1.91. The third-order valence-electron chi connectivity index (χ3n) is 2.95. The van der Waals surface area contributed by atoms with Crippen molar-refractivity contribution < 1.29 is 14.3 Å². The first-order valence-corrected chi connectivity index (χ1v) is 6.72. The van der Waals surface area contributed by atoms with Crippen LogP contribution in [0.3, 0.4) is 0 Å². The first-order chi connectivity index (χ1) is 9.54. The molecule has 0 aliphatic rings. The van der Waals surface area contributed by atoms with Crippen molar-refractivity contribution in [2.45, 2.75) is 25.9 Å². The molecule has 0 radical (unpaired) electrons. The fourth-order valence-corrected chi connectivity index (χ4v) is 2.03. The third-order valence-corrected chi connectivity index (χ3v) is 3.20. The minimum atomic E-state index is -1.05. The van der Waals surface area contributed by atoms with Crippen molar-refractivity contribution >= 4 is 17.6 Å². The maximum absolute atomic E-state index is 10.7. The highest BCUT2D eigenvalue weighted by Crippen LogP contribution is 2.12. The van der Waals surface area contributed by atoms with E-state index < -0.39 is 5.97 Å². The van der Waals surface area contributed by atoms with Crippen LogP contribution in [0.4, 0.5) is 0 Å². The zero-order chi connectivity index (χ0) is 14.5. The lowest BCUT2D eigenvalue weighted by atomic mass is 10.1. The smallest absolute Gasteiger partial charge is 0.371 e. The Morgan fingerprint density at radius 3 is 2.60 bits per heavy atom. The number of halogens is 1. The number of hydrogen-bond acceptors (Lipinski definition) is 3. The van der Waals surface area contributed by atoms with Gasteiger partial charge in [0.05, 0.1) is 6.54 Å². The molecule has 1 aromatic carbocycles. The highest BCUT2D eigenvalue weighted by molar-refractivity contribution is 6.30. The zero-order valence-electron chi connectivity index (χ0n) is 11.1. The Bertz CT molecular complexity index is 577. The average Bonchev–Trinajstić information content (AvgIpc) is 2.88. The summed E-state index contributed by atoms with van der Waals surface area (Å²) in [6.45, 7) is 2.57. The number of carboxylic acids is 1. The summed E-state index contributed by atoms with van der Waals surface area (Å²) in [5, 5.41) is 12.8. The van der Waals surface area contributed by atoms with Crippen LogP contribution in [0.25, 0.3) is 0 Å². The van der Waals surface area contributed by atoms with Crippen molar-refractivity contribution in [3.05, 3.63) is 58.5 Å². The van der Waals surface area contributed by atoms with Crippen LogP contribution in [-0.4, -0.2) is 17.1 Å². The van der Waals surface area contributed by atoms with Gasteiger partial charge < -0.3 is 14.8 Å². The molecule has 4 nitrogen and oxygen atoms in total. The molecular weight excluding hydrogens is 278 g/mol. The predicted molar refractivity (Wildman–Crippen MR) is 77.1 cm³/mol. The fraction of sp³-hybridized carbons (Fsp3) is 0.267. The van der Waals surface area contributed by atoms with E-state index in [0.717, 1.165) is 11.4 Å². The standard InChI is InChI=1S/C15H16ClNO3/c1-10(8-11-2-4-12(16)5-3-11)17-9-13-6-7-14(20-13)15(18)19/h2-7,10,17H,8-9H2,1H3,(H,18,19). The van der Waals surface area contributed by atoms with E-state index >= 15 is 0 Å². The largest absolute Gasteiger partial charge is 0.475 e. The van der Waals surface area contributed by atoms with Crippen molar-refractivity contribution in [1.29, 1.82) is 0 Å². The highest BCUT2D eigenvalue weighted by Gasteiger charge is 2.10. The summed E-state index contributed by atoms with van der Waals surface area (Å²) in [7, 11) is 0. The molecule has 2 aromatic rings. The van der Waals surface area contributed by atoms with Crippen LogP contribution in [0.15, 0.2) is 40.8 Å². The molecule has 0 amide bonds. The number of aromatic carboxylic acids is 1. The number of carbonyl (C=O) groups is 1. The van der Waals surface area contributed by atoms with Gasteiger partial charge in [-0.25, -0.2) is 4.79 Å². The van der Waals surface area contributed by atoms with E-state index in [2.05, 4.69) is 12.2 Å². The lowest BCUT2D eigenvalue weighted by molar-refractivity contribution is 0.0660. The molecule has 0 aliphatic heterocycles. The Hall–Kier alpha value is -1.78. The molecule has 1 unspecified atom stereocenters.